The number of rotatable bonds is 6. The standard InChI is InChI=1S/C30H34N4O3/c1-7-21-10-8-9-11-25(21)31-27(35)18-33-28(36)26(32-29(33)37)17-22-16-19(2)34(20(22)3)24-14-12-23(13-15-24)30(4,5)6/h8-17H,7,18H2,1-6H3,(H,31,35)(H,32,37)/b26-17+. The molecule has 2 aromatic carbocycles. The van der Waals surface area contributed by atoms with Gasteiger partial charge >= 0.3 is 6.03 Å². The first-order valence-electron chi connectivity index (χ1n) is 12.5. The highest BCUT2D eigenvalue weighted by Gasteiger charge is 2.35. The molecule has 7 nitrogen and oxygen atoms in total. The quantitative estimate of drug-likeness (QED) is 0.348. The monoisotopic (exact) mass is 498 g/mol. The van der Waals surface area contributed by atoms with E-state index in [2.05, 4.69) is 60.2 Å². The molecule has 1 aliphatic rings. The first-order chi connectivity index (χ1) is 17.5. The number of para-hydroxylation sites is 1. The summed E-state index contributed by atoms with van der Waals surface area (Å²) in [6.45, 7) is 12.2. The molecule has 4 amide bonds. The molecular formula is C30H34N4O3. The number of amides is 4. The highest BCUT2D eigenvalue weighted by atomic mass is 16.2. The van der Waals surface area contributed by atoms with Crippen molar-refractivity contribution in [1.82, 2.24) is 14.8 Å². The van der Waals surface area contributed by atoms with Crippen LogP contribution in [-0.2, 0) is 21.4 Å². The van der Waals surface area contributed by atoms with Gasteiger partial charge in [0.05, 0.1) is 0 Å². The number of anilines is 1. The number of aromatic nitrogens is 1. The van der Waals surface area contributed by atoms with Crippen LogP contribution >= 0.6 is 0 Å². The molecule has 0 aliphatic carbocycles. The van der Waals surface area contributed by atoms with Crippen LogP contribution in [0.25, 0.3) is 11.8 Å². The van der Waals surface area contributed by atoms with Gasteiger partial charge in [0.15, 0.2) is 0 Å². The van der Waals surface area contributed by atoms with Crippen molar-refractivity contribution < 1.29 is 14.4 Å². The molecule has 7 heteroatoms. The molecule has 0 saturated carbocycles. The molecule has 4 rings (SSSR count). The molecule has 1 fully saturated rings. The number of imide groups is 1. The molecule has 0 bridgehead atoms. The number of benzene rings is 2. The van der Waals surface area contributed by atoms with Crippen molar-refractivity contribution in [2.45, 2.75) is 53.4 Å². The van der Waals surface area contributed by atoms with Crippen molar-refractivity contribution in [3.05, 3.63) is 88.4 Å². The summed E-state index contributed by atoms with van der Waals surface area (Å²) < 4.78 is 2.12. The Morgan fingerprint density at radius 2 is 1.70 bits per heavy atom. The van der Waals surface area contributed by atoms with Crippen LogP contribution in [-0.4, -0.2) is 33.9 Å². The van der Waals surface area contributed by atoms with Gasteiger partial charge in [-0.3, -0.25) is 9.59 Å². The Bertz CT molecular complexity index is 1390. The topological polar surface area (TPSA) is 83.4 Å². The SMILES string of the molecule is CCc1ccccc1NC(=O)CN1C(=O)N/C(=C/c2cc(C)n(-c3ccc(C(C)(C)C)cc3)c2C)C1=O. The average molecular weight is 499 g/mol. The maximum absolute atomic E-state index is 13.0. The third-order valence-corrected chi connectivity index (χ3v) is 6.70. The minimum absolute atomic E-state index is 0.0675. The molecule has 1 saturated heterocycles. The fourth-order valence-electron chi connectivity index (χ4n) is 4.60. The lowest BCUT2D eigenvalue weighted by Gasteiger charge is -2.20. The van der Waals surface area contributed by atoms with Crippen molar-refractivity contribution in [3.8, 4) is 5.69 Å². The van der Waals surface area contributed by atoms with E-state index in [1.807, 2.05) is 45.0 Å². The van der Waals surface area contributed by atoms with Gasteiger partial charge in [-0.05, 0) is 72.7 Å². The van der Waals surface area contributed by atoms with E-state index in [1.165, 1.54) is 5.56 Å². The second kappa shape index (κ2) is 10.1. The van der Waals surface area contributed by atoms with Gasteiger partial charge in [0.1, 0.15) is 12.2 Å². The van der Waals surface area contributed by atoms with Crippen molar-refractivity contribution in [1.29, 1.82) is 0 Å². The Labute approximate surface area is 218 Å². The highest BCUT2D eigenvalue weighted by molar-refractivity contribution is 6.16. The summed E-state index contributed by atoms with van der Waals surface area (Å²) in [5, 5.41) is 5.43. The summed E-state index contributed by atoms with van der Waals surface area (Å²) in [6.07, 6.45) is 2.43. The number of urea groups is 1. The first-order valence-corrected chi connectivity index (χ1v) is 12.5. The summed E-state index contributed by atoms with van der Waals surface area (Å²) in [7, 11) is 0. The van der Waals surface area contributed by atoms with E-state index in [0.29, 0.717) is 5.69 Å². The minimum Gasteiger partial charge on any atom is -0.324 e. The number of carbonyl (C=O) groups is 3. The number of nitrogens with one attached hydrogen (secondary N) is 2. The molecular weight excluding hydrogens is 464 g/mol. The van der Waals surface area contributed by atoms with Crippen LogP contribution in [0, 0.1) is 13.8 Å². The number of carbonyl (C=O) groups excluding carboxylic acids is 3. The van der Waals surface area contributed by atoms with E-state index in [9.17, 15) is 14.4 Å². The van der Waals surface area contributed by atoms with Crippen LogP contribution in [0.5, 0.6) is 0 Å². The zero-order valence-corrected chi connectivity index (χ0v) is 22.3. The Kier molecular flexibility index (Phi) is 7.07. The second-order valence-corrected chi connectivity index (χ2v) is 10.4. The van der Waals surface area contributed by atoms with Crippen LogP contribution in [0.4, 0.5) is 10.5 Å². The average Bonchev–Trinajstić information content (AvgIpc) is 3.27. The van der Waals surface area contributed by atoms with Gasteiger partial charge in [-0.25, -0.2) is 9.69 Å². The molecule has 1 aromatic heterocycles. The molecule has 3 aromatic rings. The van der Waals surface area contributed by atoms with E-state index in [0.717, 1.165) is 39.5 Å². The largest absolute Gasteiger partial charge is 0.329 e. The van der Waals surface area contributed by atoms with E-state index >= 15 is 0 Å². The van der Waals surface area contributed by atoms with Gasteiger partial charge < -0.3 is 15.2 Å². The lowest BCUT2D eigenvalue weighted by Crippen LogP contribution is -2.38. The lowest BCUT2D eigenvalue weighted by atomic mass is 9.87. The Balaban J connectivity index is 1.53. The van der Waals surface area contributed by atoms with Gasteiger partial charge in [0.2, 0.25) is 5.91 Å². The molecule has 192 valence electrons. The molecule has 0 atom stereocenters. The van der Waals surface area contributed by atoms with E-state index < -0.39 is 17.8 Å². The Morgan fingerprint density at radius 3 is 2.35 bits per heavy atom. The van der Waals surface area contributed by atoms with Gasteiger partial charge in [-0.1, -0.05) is 58.0 Å². The molecule has 37 heavy (non-hydrogen) atoms. The van der Waals surface area contributed by atoms with Gasteiger partial charge in [-0.2, -0.15) is 0 Å². The second-order valence-electron chi connectivity index (χ2n) is 10.4. The third-order valence-electron chi connectivity index (χ3n) is 6.70. The van der Waals surface area contributed by atoms with Crippen LogP contribution < -0.4 is 10.6 Å². The molecule has 0 unspecified atom stereocenters. The number of aryl methyl sites for hydroxylation is 2. The lowest BCUT2D eigenvalue weighted by molar-refractivity contribution is -0.127. The van der Waals surface area contributed by atoms with E-state index in [4.69, 9.17) is 0 Å². The highest BCUT2D eigenvalue weighted by Crippen LogP contribution is 2.27. The van der Waals surface area contributed by atoms with Crippen LogP contribution in [0.2, 0.25) is 0 Å². The zero-order chi connectivity index (χ0) is 26.9. The fourth-order valence-corrected chi connectivity index (χ4v) is 4.60. The summed E-state index contributed by atoms with van der Waals surface area (Å²) in [6, 6.07) is 17.3. The van der Waals surface area contributed by atoms with Crippen LogP contribution in [0.1, 0.15) is 55.8 Å². The molecule has 0 spiro atoms. The van der Waals surface area contributed by atoms with Crippen molar-refractivity contribution >= 4 is 29.6 Å². The van der Waals surface area contributed by atoms with E-state index in [1.54, 1.807) is 12.1 Å². The molecule has 1 aliphatic heterocycles. The number of hydrogen-bond acceptors (Lipinski definition) is 3. The Morgan fingerprint density at radius 1 is 1.03 bits per heavy atom. The van der Waals surface area contributed by atoms with Crippen molar-refractivity contribution in [3.63, 3.8) is 0 Å². The Hall–Kier alpha value is -4.13. The third kappa shape index (κ3) is 5.35. The van der Waals surface area contributed by atoms with Crippen molar-refractivity contribution in [2.24, 2.45) is 0 Å². The minimum atomic E-state index is -0.609. The maximum atomic E-state index is 13.0. The van der Waals surface area contributed by atoms with Crippen LogP contribution in [0.15, 0.2) is 60.3 Å². The van der Waals surface area contributed by atoms with Gasteiger partial charge in [0.25, 0.3) is 5.91 Å². The fraction of sp³-hybridized carbons (Fsp3) is 0.300. The summed E-state index contributed by atoms with van der Waals surface area (Å²) in [5.74, 6) is -0.953. The smallest absolute Gasteiger partial charge is 0.324 e. The molecule has 2 heterocycles. The van der Waals surface area contributed by atoms with Gasteiger partial charge in [-0.15, -0.1) is 0 Å². The van der Waals surface area contributed by atoms with Crippen LogP contribution in [0.3, 0.4) is 0 Å². The maximum Gasteiger partial charge on any atom is 0.329 e. The van der Waals surface area contributed by atoms with Gasteiger partial charge in [0, 0.05) is 22.8 Å². The summed E-state index contributed by atoms with van der Waals surface area (Å²) >= 11 is 0. The predicted octanol–water partition coefficient (Wildman–Crippen LogP) is 5.49. The van der Waals surface area contributed by atoms with Crippen molar-refractivity contribution in [2.75, 3.05) is 11.9 Å². The number of hydrogen-bond donors (Lipinski definition) is 2. The normalized spacial score (nSPS) is 14.9. The number of nitrogens with zero attached hydrogens (tertiary/aromatic N) is 2. The molecule has 2 N–H and O–H groups in total. The predicted molar refractivity (Wildman–Crippen MR) is 147 cm³/mol. The zero-order valence-electron chi connectivity index (χ0n) is 22.3. The summed E-state index contributed by atoms with van der Waals surface area (Å²) in [5.41, 5.74) is 6.94. The summed E-state index contributed by atoms with van der Waals surface area (Å²) in [4.78, 5) is 39.1. The molecule has 0 radical (unpaired) electrons. The first kappa shape index (κ1) is 25.9. The van der Waals surface area contributed by atoms with E-state index in [-0.39, 0.29) is 17.7 Å².